The SMILES string of the molecule is Cc1cc(Br)c(NCc2c(O)cccc2Cl)c(Br)c1. The minimum Gasteiger partial charge on any atom is -0.508 e. The van der Waals surface area contributed by atoms with Crippen LogP contribution in [-0.2, 0) is 6.54 Å². The van der Waals surface area contributed by atoms with Crippen LogP contribution in [0.5, 0.6) is 5.75 Å². The third kappa shape index (κ3) is 3.44. The van der Waals surface area contributed by atoms with E-state index in [-0.39, 0.29) is 5.75 Å². The van der Waals surface area contributed by atoms with Gasteiger partial charge in [-0.1, -0.05) is 17.7 Å². The fourth-order valence-corrected chi connectivity index (χ4v) is 3.70. The monoisotopic (exact) mass is 403 g/mol. The van der Waals surface area contributed by atoms with Gasteiger partial charge in [0.2, 0.25) is 0 Å². The molecule has 0 aliphatic heterocycles. The quantitative estimate of drug-likeness (QED) is 0.708. The van der Waals surface area contributed by atoms with Crippen molar-refractivity contribution in [2.75, 3.05) is 5.32 Å². The Bertz CT molecular complexity index is 573. The number of hydrogen-bond donors (Lipinski definition) is 2. The predicted molar refractivity (Wildman–Crippen MR) is 87.0 cm³/mol. The summed E-state index contributed by atoms with van der Waals surface area (Å²) in [5.41, 5.74) is 2.78. The third-order valence-corrected chi connectivity index (χ3v) is 4.33. The van der Waals surface area contributed by atoms with Crippen LogP contribution in [0.1, 0.15) is 11.1 Å². The molecule has 2 aromatic rings. The van der Waals surface area contributed by atoms with E-state index in [1.54, 1.807) is 18.2 Å². The third-order valence-electron chi connectivity index (χ3n) is 2.72. The van der Waals surface area contributed by atoms with Crippen molar-refractivity contribution in [2.45, 2.75) is 13.5 Å². The Kier molecular flexibility index (Phi) is 4.76. The first-order chi connectivity index (χ1) is 8.99. The number of aryl methyl sites for hydroxylation is 1. The highest BCUT2D eigenvalue weighted by Crippen LogP contribution is 2.34. The van der Waals surface area contributed by atoms with E-state index in [9.17, 15) is 5.11 Å². The lowest BCUT2D eigenvalue weighted by molar-refractivity contribution is 0.469. The molecule has 0 amide bonds. The van der Waals surface area contributed by atoms with Crippen LogP contribution in [0, 0.1) is 6.92 Å². The Hall–Kier alpha value is -0.710. The molecule has 19 heavy (non-hydrogen) atoms. The average molecular weight is 406 g/mol. The molecule has 0 radical (unpaired) electrons. The lowest BCUT2D eigenvalue weighted by Gasteiger charge is -2.13. The first kappa shape index (κ1) is 14.7. The Labute approximate surface area is 134 Å². The van der Waals surface area contributed by atoms with E-state index in [2.05, 4.69) is 37.2 Å². The maximum absolute atomic E-state index is 9.80. The minimum absolute atomic E-state index is 0.194. The van der Waals surface area contributed by atoms with Gasteiger partial charge in [-0.3, -0.25) is 0 Å². The van der Waals surface area contributed by atoms with Gasteiger partial charge < -0.3 is 10.4 Å². The second kappa shape index (κ2) is 6.16. The van der Waals surface area contributed by atoms with Gasteiger partial charge in [-0.05, 0) is 68.6 Å². The lowest BCUT2D eigenvalue weighted by atomic mass is 10.2. The highest BCUT2D eigenvalue weighted by molar-refractivity contribution is 9.11. The molecule has 2 N–H and O–H groups in total. The summed E-state index contributed by atoms with van der Waals surface area (Å²) in [5, 5.41) is 13.6. The zero-order valence-corrected chi connectivity index (χ0v) is 14.1. The number of nitrogens with one attached hydrogen (secondary N) is 1. The van der Waals surface area contributed by atoms with Crippen LogP contribution in [0.3, 0.4) is 0 Å². The lowest BCUT2D eigenvalue weighted by Crippen LogP contribution is -2.02. The van der Waals surface area contributed by atoms with Crippen molar-refractivity contribution in [3.63, 3.8) is 0 Å². The summed E-state index contributed by atoms with van der Waals surface area (Å²) in [6.07, 6.45) is 0. The number of phenolic OH excluding ortho intramolecular Hbond substituents is 1. The van der Waals surface area contributed by atoms with Crippen LogP contribution in [0.4, 0.5) is 5.69 Å². The van der Waals surface area contributed by atoms with E-state index in [1.165, 1.54) is 0 Å². The Morgan fingerprint density at radius 2 is 1.84 bits per heavy atom. The van der Waals surface area contributed by atoms with Gasteiger partial charge in [-0.2, -0.15) is 0 Å². The van der Waals surface area contributed by atoms with E-state index >= 15 is 0 Å². The van der Waals surface area contributed by atoms with E-state index in [4.69, 9.17) is 11.6 Å². The van der Waals surface area contributed by atoms with Gasteiger partial charge >= 0.3 is 0 Å². The fourth-order valence-electron chi connectivity index (χ4n) is 1.77. The van der Waals surface area contributed by atoms with Gasteiger partial charge in [0.05, 0.1) is 5.69 Å². The van der Waals surface area contributed by atoms with E-state index in [0.29, 0.717) is 17.1 Å². The molecule has 2 nitrogen and oxygen atoms in total. The number of anilines is 1. The zero-order chi connectivity index (χ0) is 14.0. The molecule has 0 unspecified atom stereocenters. The van der Waals surface area contributed by atoms with Gasteiger partial charge in [0, 0.05) is 26.1 Å². The molecule has 0 atom stereocenters. The van der Waals surface area contributed by atoms with Crippen LogP contribution in [0.15, 0.2) is 39.3 Å². The van der Waals surface area contributed by atoms with Gasteiger partial charge in [0.1, 0.15) is 5.75 Å². The molecular weight excluding hydrogens is 393 g/mol. The molecule has 0 aliphatic carbocycles. The number of phenols is 1. The van der Waals surface area contributed by atoms with Gasteiger partial charge in [0.25, 0.3) is 0 Å². The smallest absolute Gasteiger partial charge is 0.122 e. The summed E-state index contributed by atoms with van der Waals surface area (Å²) in [5.74, 6) is 0.194. The minimum atomic E-state index is 0.194. The topological polar surface area (TPSA) is 32.3 Å². The first-order valence-electron chi connectivity index (χ1n) is 5.65. The Balaban J connectivity index is 2.24. The van der Waals surface area contributed by atoms with Crippen molar-refractivity contribution in [1.29, 1.82) is 0 Å². The summed E-state index contributed by atoms with van der Waals surface area (Å²) in [6, 6.07) is 9.16. The molecule has 0 saturated heterocycles. The van der Waals surface area contributed by atoms with Crippen molar-refractivity contribution in [3.05, 3.63) is 55.4 Å². The molecule has 0 aromatic heterocycles. The van der Waals surface area contributed by atoms with E-state index < -0.39 is 0 Å². The molecule has 0 aliphatic rings. The molecule has 0 saturated carbocycles. The molecule has 0 spiro atoms. The largest absolute Gasteiger partial charge is 0.508 e. The summed E-state index contributed by atoms with van der Waals surface area (Å²) >= 11 is 13.1. The number of benzene rings is 2. The van der Waals surface area contributed by atoms with Gasteiger partial charge in [0.15, 0.2) is 0 Å². The summed E-state index contributed by atoms with van der Waals surface area (Å²) in [6.45, 7) is 2.48. The van der Waals surface area contributed by atoms with Gasteiger partial charge in [-0.25, -0.2) is 0 Å². The second-order valence-electron chi connectivity index (χ2n) is 4.19. The molecular formula is C14H12Br2ClNO. The van der Waals surface area contributed by atoms with Crippen LogP contribution >= 0.6 is 43.5 Å². The molecule has 0 heterocycles. The molecule has 100 valence electrons. The Morgan fingerprint density at radius 1 is 1.21 bits per heavy atom. The number of hydrogen-bond acceptors (Lipinski definition) is 2. The molecule has 2 aromatic carbocycles. The van der Waals surface area contributed by atoms with E-state index in [1.807, 2.05) is 19.1 Å². The van der Waals surface area contributed by atoms with Crippen LogP contribution in [0.25, 0.3) is 0 Å². The van der Waals surface area contributed by atoms with Gasteiger partial charge in [-0.15, -0.1) is 0 Å². The number of rotatable bonds is 3. The molecule has 0 bridgehead atoms. The molecule has 0 fully saturated rings. The van der Waals surface area contributed by atoms with E-state index in [0.717, 1.165) is 20.2 Å². The first-order valence-corrected chi connectivity index (χ1v) is 7.61. The van der Waals surface area contributed by atoms with Crippen LogP contribution in [0.2, 0.25) is 5.02 Å². The second-order valence-corrected chi connectivity index (χ2v) is 6.31. The van der Waals surface area contributed by atoms with Crippen molar-refractivity contribution in [1.82, 2.24) is 0 Å². The summed E-state index contributed by atoms with van der Waals surface area (Å²) in [4.78, 5) is 0. The van der Waals surface area contributed by atoms with Crippen molar-refractivity contribution in [3.8, 4) is 5.75 Å². The average Bonchev–Trinajstić information content (AvgIpc) is 2.31. The number of aromatic hydroxyl groups is 1. The van der Waals surface area contributed by atoms with Crippen molar-refractivity contribution < 1.29 is 5.11 Å². The Morgan fingerprint density at radius 3 is 2.42 bits per heavy atom. The highest BCUT2D eigenvalue weighted by atomic mass is 79.9. The van der Waals surface area contributed by atoms with Crippen molar-refractivity contribution in [2.24, 2.45) is 0 Å². The maximum Gasteiger partial charge on any atom is 0.122 e. The predicted octanol–water partition coefficient (Wildman–Crippen LogP) is 5.49. The molecule has 2 rings (SSSR count). The standard InChI is InChI=1S/C14H12Br2ClNO/c1-8-5-10(15)14(11(16)6-8)18-7-9-12(17)3-2-4-13(9)19/h2-6,18-19H,7H2,1H3. The van der Waals surface area contributed by atoms with Crippen LogP contribution < -0.4 is 5.32 Å². The fraction of sp³-hybridized carbons (Fsp3) is 0.143. The van der Waals surface area contributed by atoms with Crippen molar-refractivity contribution >= 4 is 49.1 Å². The van der Waals surface area contributed by atoms with Crippen LogP contribution in [-0.4, -0.2) is 5.11 Å². The maximum atomic E-state index is 9.80. The highest BCUT2D eigenvalue weighted by Gasteiger charge is 2.09. The summed E-state index contributed by atoms with van der Waals surface area (Å²) < 4.78 is 1.93. The normalized spacial score (nSPS) is 10.5. The molecule has 5 heteroatoms. The number of halogens is 3. The zero-order valence-electron chi connectivity index (χ0n) is 10.2. The summed E-state index contributed by atoms with van der Waals surface area (Å²) in [7, 11) is 0.